The second-order valence-electron chi connectivity index (χ2n) is 7.70. The van der Waals surface area contributed by atoms with E-state index in [4.69, 9.17) is 4.98 Å². The molecule has 1 aliphatic rings. The van der Waals surface area contributed by atoms with Crippen molar-refractivity contribution in [3.05, 3.63) is 78.4 Å². The summed E-state index contributed by atoms with van der Waals surface area (Å²) in [4.78, 5) is 27.7. The minimum Gasteiger partial charge on any atom is -0.507 e. The van der Waals surface area contributed by atoms with Gasteiger partial charge in [0.15, 0.2) is 5.82 Å². The maximum absolute atomic E-state index is 14.1. The molecule has 2 aromatic heterocycles. The van der Waals surface area contributed by atoms with E-state index in [9.17, 15) is 14.3 Å². The predicted octanol–water partition coefficient (Wildman–Crippen LogP) is 4.04. The van der Waals surface area contributed by atoms with Gasteiger partial charge in [-0.1, -0.05) is 12.1 Å². The number of aromatic nitrogens is 3. The van der Waals surface area contributed by atoms with Crippen molar-refractivity contribution in [2.24, 2.45) is 0 Å². The van der Waals surface area contributed by atoms with Crippen LogP contribution in [0.1, 0.15) is 19.6 Å². The quantitative estimate of drug-likeness (QED) is 0.505. The van der Waals surface area contributed by atoms with Gasteiger partial charge in [0.1, 0.15) is 17.4 Å². The number of halogens is 1. The Morgan fingerprint density at radius 2 is 2.03 bits per heavy atom. The molecule has 2 aromatic carbocycles. The number of fused-ring (bicyclic) bond motifs is 1. The van der Waals surface area contributed by atoms with Crippen LogP contribution >= 0.6 is 0 Å². The third kappa shape index (κ3) is 3.82. The number of nitrogens with zero attached hydrogens (tertiary/aromatic N) is 4. The largest absolute Gasteiger partial charge is 0.507 e. The Bertz CT molecular complexity index is 1310. The van der Waals surface area contributed by atoms with E-state index in [2.05, 4.69) is 15.3 Å². The molecule has 1 aliphatic heterocycles. The van der Waals surface area contributed by atoms with E-state index in [0.717, 1.165) is 6.42 Å². The zero-order valence-corrected chi connectivity index (χ0v) is 17.1. The molecule has 1 amide bonds. The number of carbonyl (C=O) groups is 1. The van der Waals surface area contributed by atoms with Crippen molar-refractivity contribution in [1.82, 2.24) is 20.3 Å². The average Bonchev–Trinajstić information content (AvgIpc) is 3.27. The van der Waals surface area contributed by atoms with Crippen molar-refractivity contribution in [3.63, 3.8) is 0 Å². The predicted molar refractivity (Wildman–Crippen MR) is 123 cm³/mol. The standard InChI is InChI=1S/C24H20FN5O2.2H2/c25-16-7-8-20-19(12-16)23(29-22(28-20)18-5-1-2-6-21(18)31)30-11-9-17(14-30)27-24(32)15-4-3-10-26-13-15;;/h1-8,10,12-13,17,31H,9,11,14H2,(H,27,32);2*1H/t17-;;/m0../s1. The van der Waals surface area contributed by atoms with Crippen LogP contribution in [0.25, 0.3) is 22.3 Å². The van der Waals surface area contributed by atoms with Gasteiger partial charge in [0.05, 0.1) is 16.6 Å². The first-order valence-electron chi connectivity index (χ1n) is 10.3. The van der Waals surface area contributed by atoms with Crippen LogP contribution < -0.4 is 10.2 Å². The fourth-order valence-electron chi connectivity index (χ4n) is 3.94. The number of benzene rings is 2. The van der Waals surface area contributed by atoms with Gasteiger partial charge in [-0.05, 0) is 48.9 Å². The zero-order valence-electron chi connectivity index (χ0n) is 17.1. The van der Waals surface area contributed by atoms with Crippen LogP contribution in [-0.2, 0) is 0 Å². The molecule has 1 atom stereocenters. The molecule has 7 nitrogen and oxygen atoms in total. The highest BCUT2D eigenvalue weighted by atomic mass is 19.1. The smallest absolute Gasteiger partial charge is 0.253 e. The molecule has 0 radical (unpaired) electrons. The molecule has 2 N–H and O–H groups in total. The van der Waals surface area contributed by atoms with Gasteiger partial charge in [-0.15, -0.1) is 0 Å². The Labute approximate surface area is 186 Å². The van der Waals surface area contributed by atoms with Crippen molar-refractivity contribution in [2.75, 3.05) is 18.0 Å². The van der Waals surface area contributed by atoms with E-state index in [0.29, 0.717) is 46.8 Å². The van der Waals surface area contributed by atoms with Gasteiger partial charge in [0.2, 0.25) is 0 Å². The summed E-state index contributed by atoms with van der Waals surface area (Å²) >= 11 is 0. The Balaban J connectivity index is 0.00000162. The summed E-state index contributed by atoms with van der Waals surface area (Å²) in [6, 6.07) is 14.6. The minimum absolute atomic E-state index is 0. The lowest BCUT2D eigenvalue weighted by atomic mass is 10.1. The van der Waals surface area contributed by atoms with E-state index in [-0.39, 0.29) is 26.4 Å². The van der Waals surface area contributed by atoms with Crippen LogP contribution in [0.2, 0.25) is 0 Å². The van der Waals surface area contributed by atoms with Gasteiger partial charge in [0, 0.05) is 39.8 Å². The molecular formula is C24H24FN5O2. The summed E-state index contributed by atoms with van der Waals surface area (Å²) in [6.45, 7) is 1.16. The summed E-state index contributed by atoms with van der Waals surface area (Å²) in [5, 5.41) is 13.9. The first-order valence-corrected chi connectivity index (χ1v) is 10.3. The third-order valence-electron chi connectivity index (χ3n) is 5.53. The molecule has 0 aliphatic carbocycles. The number of anilines is 1. The van der Waals surface area contributed by atoms with Gasteiger partial charge in [0.25, 0.3) is 5.91 Å². The zero-order chi connectivity index (χ0) is 22.1. The van der Waals surface area contributed by atoms with Crippen LogP contribution in [0.5, 0.6) is 5.75 Å². The number of rotatable bonds is 4. The monoisotopic (exact) mass is 433 g/mol. The van der Waals surface area contributed by atoms with Crippen molar-refractivity contribution < 1.29 is 17.1 Å². The topological polar surface area (TPSA) is 91.2 Å². The van der Waals surface area contributed by atoms with Gasteiger partial charge >= 0.3 is 0 Å². The van der Waals surface area contributed by atoms with Crippen molar-refractivity contribution >= 4 is 22.6 Å². The van der Waals surface area contributed by atoms with Crippen LogP contribution in [0.3, 0.4) is 0 Å². The minimum atomic E-state index is -0.377. The molecule has 164 valence electrons. The van der Waals surface area contributed by atoms with Gasteiger partial charge in [-0.3, -0.25) is 9.78 Å². The number of amides is 1. The molecule has 3 heterocycles. The van der Waals surface area contributed by atoms with Gasteiger partial charge in [-0.25, -0.2) is 14.4 Å². The summed E-state index contributed by atoms with van der Waals surface area (Å²) in [7, 11) is 0. The van der Waals surface area contributed by atoms with Crippen LogP contribution in [0.4, 0.5) is 10.2 Å². The maximum atomic E-state index is 14.1. The number of pyridine rings is 1. The number of phenols is 1. The first-order chi connectivity index (χ1) is 15.6. The number of phenolic OH excluding ortho intramolecular Hbond substituents is 1. The number of para-hydroxylation sites is 1. The molecule has 0 saturated carbocycles. The van der Waals surface area contributed by atoms with Crippen molar-refractivity contribution in [2.45, 2.75) is 12.5 Å². The number of nitrogens with one attached hydrogen (secondary N) is 1. The van der Waals surface area contributed by atoms with E-state index >= 15 is 0 Å². The second-order valence-corrected chi connectivity index (χ2v) is 7.70. The Morgan fingerprint density at radius 3 is 2.84 bits per heavy atom. The summed E-state index contributed by atoms with van der Waals surface area (Å²) in [5.41, 5.74) is 1.58. The molecule has 1 fully saturated rings. The fourth-order valence-corrected chi connectivity index (χ4v) is 3.94. The van der Waals surface area contributed by atoms with Crippen LogP contribution in [0.15, 0.2) is 67.0 Å². The van der Waals surface area contributed by atoms with E-state index in [1.165, 1.54) is 18.3 Å². The van der Waals surface area contributed by atoms with Gasteiger partial charge in [-0.2, -0.15) is 0 Å². The van der Waals surface area contributed by atoms with E-state index < -0.39 is 0 Å². The first kappa shape index (κ1) is 19.9. The van der Waals surface area contributed by atoms with Crippen molar-refractivity contribution in [3.8, 4) is 17.1 Å². The third-order valence-corrected chi connectivity index (χ3v) is 5.53. The molecule has 4 aromatic rings. The molecular weight excluding hydrogens is 409 g/mol. The summed E-state index contributed by atoms with van der Waals surface area (Å²) in [6.07, 6.45) is 3.87. The Morgan fingerprint density at radius 1 is 1.16 bits per heavy atom. The summed E-state index contributed by atoms with van der Waals surface area (Å²) < 4.78 is 14.1. The lowest BCUT2D eigenvalue weighted by Gasteiger charge is -2.21. The lowest BCUT2D eigenvalue weighted by Crippen LogP contribution is -2.37. The summed E-state index contributed by atoms with van der Waals surface area (Å²) in [5.74, 6) is 0.450. The molecule has 5 rings (SSSR count). The van der Waals surface area contributed by atoms with Gasteiger partial charge < -0.3 is 15.3 Å². The van der Waals surface area contributed by atoms with Crippen molar-refractivity contribution in [1.29, 1.82) is 0 Å². The molecule has 0 unspecified atom stereocenters. The molecule has 32 heavy (non-hydrogen) atoms. The fraction of sp³-hybridized carbons (Fsp3) is 0.167. The van der Waals surface area contributed by atoms with E-state index in [1.807, 2.05) is 4.90 Å². The highest BCUT2D eigenvalue weighted by Gasteiger charge is 2.27. The maximum Gasteiger partial charge on any atom is 0.253 e. The normalized spacial score (nSPS) is 15.8. The number of aromatic hydroxyl groups is 1. The highest BCUT2D eigenvalue weighted by molar-refractivity contribution is 5.94. The SMILES string of the molecule is O=C(N[C@H]1CCN(c2nc(-c3ccccc3O)nc3ccc(F)cc23)C1)c1cccnc1.[HH].[HH]. The molecule has 1 saturated heterocycles. The number of carbonyl (C=O) groups excluding carboxylic acids is 1. The number of hydrogen-bond donors (Lipinski definition) is 2. The Hall–Kier alpha value is -4.07. The Kier molecular flexibility index (Phi) is 5.10. The molecule has 0 spiro atoms. The molecule has 0 bridgehead atoms. The number of hydrogen-bond acceptors (Lipinski definition) is 6. The molecule has 8 heteroatoms. The lowest BCUT2D eigenvalue weighted by molar-refractivity contribution is 0.0940. The van der Waals surface area contributed by atoms with E-state index in [1.54, 1.807) is 48.7 Å². The second kappa shape index (κ2) is 8.22. The van der Waals surface area contributed by atoms with Crippen LogP contribution in [-0.4, -0.2) is 45.1 Å². The highest BCUT2D eigenvalue weighted by Crippen LogP contribution is 2.33. The van der Waals surface area contributed by atoms with Crippen LogP contribution in [0, 0.1) is 5.82 Å². The average molecular weight is 433 g/mol.